The molecule has 0 amide bonds. The molecule has 0 spiro atoms. The molecule has 0 bridgehead atoms. The zero-order valence-electron chi connectivity index (χ0n) is 26.3. The van der Waals surface area contributed by atoms with Gasteiger partial charge < -0.3 is 4.90 Å². The van der Waals surface area contributed by atoms with Gasteiger partial charge in [-0.25, -0.2) is 0 Å². The van der Waals surface area contributed by atoms with Crippen molar-refractivity contribution in [3.05, 3.63) is 118 Å². The minimum absolute atomic E-state index is 0.0318. The molecule has 2 aliphatic heterocycles. The molecule has 0 saturated carbocycles. The average Bonchev–Trinajstić information content (AvgIpc) is 3.33. The molecule has 0 radical (unpaired) electrons. The van der Waals surface area contributed by atoms with Crippen LogP contribution in [-0.4, -0.2) is 30.4 Å². The van der Waals surface area contributed by atoms with E-state index in [0.29, 0.717) is 6.04 Å². The summed E-state index contributed by atoms with van der Waals surface area (Å²) in [6.07, 6.45) is 11.2. The first kappa shape index (κ1) is 28.2. The van der Waals surface area contributed by atoms with Gasteiger partial charge in [-0.05, 0) is 89.9 Å². The van der Waals surface area contributed by atoms with Crippen molar-refractivity contribution in [2.24, 2.45) is 0 Å². The number of nitrogens with zero attached hydrogens (tertiary/aromatic N) is 2. The molecule has 0 N–H and O–H groups in total. The highest BCUT2D eigenvalue weighted by atomic mass is 35.5. The molecule has 0 fully saturated rings. The van der Waals surface area contributed by atoms with Gasteiger partial charge in [0.25, 0.3) is 0 Å². The third kappa shape index (κ3) is 4.32. The van der Waals surface area contributed by atoms with E-state index in [1.807, 2.05) is 0 Å². The Bertz CT molecular complexity index is 1920. The van der Waals surface area contributed by atoms with Crippen molar-refractivity contribution in [2.75, 3.05) is 19.0 Å². The van der Waals surface area contributed by atoms with Crippen molar-refractivity contribution < 1.29 is 4.58 Å². The zero-order chi connectivity index (χ0) is 30.1. The average molecular weight is 586 g/mol. The highest BCUT2D eigenvalue weighted by Crippen LogP contribution is 2.49. The van der Waals surface area contributed by atoms with Crippen LogP contribution in [0, 0.1) is 0 Å². The second-order valence-electron chi connectivity index (χ2n) is 13.8. The molecular formula is C40H42ClN2+. The van der Waals surface area contributed by atoms with E-state index in [1.54, 1.807) is 0 Å². The lowest BCUT2D eigenvalue weighted by Gasteiger charge is -2.32. The lowest BCUT2D eigenvalue weighted by Crippen LogP contribution is -2.39. The summed E-state index contributed by atoms with van der Waals surface area (Å²) in [6, 6.07) is 27.0. The van der Waals surface area contributed by atoms with E-state index >= 15 is 0 Å². The van der Waals surface area contributed by atoms with E-state index in [4.69, 9.17) is 11.6 Å². The van der Waals surface area contributed by atoms with Crippen LogP contribution in [0.1, 0.15) is 64.5 Å². The summed E-state index contributed by atoms with van der Waals surface area (Å²) in [5.74, 6) is 0. The quantitative estimate of drug-likeness (QED) is 0.216. The first-order valence-corrected chi connectivity index (χ1v) is 16.1. The van der Waals surface area contributed by atoms with E-state index in [1.165, 1.54) is 60.9 Å². The molecule has 0 saturated heterocycles. The largest absolute Gasteiger partial charge is 0.370 e. The minimum atomic E-state index is -0.0976. The smallest absolute Gasteiger partial charge is 0.210 e. The highest BCUT2D eigenvalue weighted by molar-refractivity contribution is 6.32. The lowest BCUT2D eigenvalue weighted by atomic mass is 9.77. The Morgan fingerprint density at radius 1 is 0.837 bits per heavy atom. The Labute approximate surface area is 261 Å². The van der Waals surface area contributed by atoms with Crippen LogP contribution in [-0.2, 0) is 10.8 Å². The molecule has 4 aromatic carbocycles. The number of anilines is 1. The molecular weight excluding hydrogens is 544 g/mol. The predicted molar refractivity (Wildman–Crippen MR) is 186 cm³/mol. The fourth-order valence-corrected chi connectivity index (χ4v) is 8.70. The first-order chi connectivity index (χ1) is 20.6. The third-order valence-corrected chi connectivity index (χ3v) is 11.1. The summed E-state index contributed by atoms with van der Waals surface area (Å²) in [6.45, 7) is 9.53. The second kappa shape index (κ2) is 10.2. The number of likely N-dealkylation sites (N-methyl/N-ethyl adjacent to an activating group) is 1. The highest BCUT2D eigenvalue weighted by Gasteiger charge is 2.45. The van der Waals surface area contributed by atoms with E-state index in [9.17, 15) is 0 Å². The van der Waals surface area contributed by atoms with Crippen LogP contribution in [0.2, 0.25) is 0 Å². The number of halogens is 1. The maximum atomic E-state index is 7.19. The van der Waals surface area contributed by atoms with Gasteiger partial charge in [-0.15, -0.1) is 0 Å². The Balaban J connectivity index is 1.17. The number of fused-ring (bicyclic) bond motifs is 6. The summed E-state index contributed by atoms with van der Waals surface area (Å²) in [4.78, 5) is 2.50. The standard InChI is InChI=1S/C40H42ClN2/c1-39(2)34(42(5)32-22-18-26-12-7-9-16-30(26)36(32)39)24-20-28-14-11-15-29(38(28)41)21-25-35-40(3,4)37-31-17-10-8-13-27(31)19-23-33(37)43(35)6/h7-10,12-13,16-24,35H,11,14-15,25H2,1-6H3/q+1. The van der Waals surface area contributed by atoms with Gasteiger partial charge in [0.05, 0.1) is 5.41 Å². The Morgan fingerprint density at radius 2 is 1.49 bits per heavy atom. The van der Waals surface area contributed by atoms with Crippen LogP contribution < -0.4 is 4.90 Å². The molecule has 7 rings (SSSR count). The molecule has 3 aliphatic rings. The van der Waals surface area contributed by atoms with Crippen LogP contribution in [0.25, 0.3) is 21.5 Å². The van der Waals surface area contributed by atoms with Gasteiger partial charge in [0.15, 0.2) is 5.71 Å². The van der Waals surface area contributed by atoms with Gasteiger partial charge in [-0.1, -0.05) is 92.2 Å². The Kier molecular flexibility index (Phi) is 6.71. The van der Waals surface area contributed by atoms with Crippen molar-refractivity contribution in [1.29, 1.82) is 0 Å². The van der Waals surface area contributed by atoms with E-state index in [-0.39, 0.29) is 10.8 Å². The van der Waals surface area contributed by atoms with Crippen LogP contribution in [0.4, 0.5) is 11.4 Å². The van der Waals surface area contributed by atoms with E-state index in [2.05, 4.69) is 142 Å². The molecule has 1 unspecified atom stereocenters. The number of hydrogen-bond donors (Lipinski definition) is 0. The molecule has 2 heterocycles. The molecule has 43 heavy (non-hydrogen) atoms. The lowest BCUT2D eigenvalue weighted by molar-refractivity contribution is -0.401. The maximum absolute atomic E-state index is 7.19. The summed E-state index contributed by atoms with van der Waals surface area (Å²) in [5, 5.41) is 6.29. The Morgan fingerprint density at radius 3 is 2.21 bits per heavy atom. The predicted octanol–water partition coefficient (Wildman–Crippen LogP) is 10.3. The third-order valence-electron chi connectivity index (χ3n) is 10.6. The molecule has 1 atom stereocenters. The van der Waals surface area contributed by atoms with Gasteiger partial charge in [0.2, 0.25) is 5.69 Å². The van der Waals surface area contributed by atoms with Gasteiger partial charge in [0.1, 0.15) is 7.05 Å². The van der Waals surface area contributed by atoms with Gasteiger partial charge in [-0.3, -0.25) is 0 Å². The van der Waals surface area contributed by atoms with Crippen LogP contribution in [0.15, 0.2) is 107 Å². The van der Waals surface area contributed by atoms with Crippen molar-refractivity contribution in [1.82, 2.24) is 0 Å². The SMILES string of the molecule is CN1c2ccc3ccccc3c2C(C)(C)C1CC=C1CCCC(C=CC2=[N+](C)c3ccc4ccccc4c3C2(C)C)=C1Cl. The Hall–Kier alpha value is -3.62. The summed E-state index contributed by atoms with van der Waals surface area (Å²) in [5.41, 5.74) is 9.34. The topological polar surface area (TPSA) is 6.25 Å². The van der Waals surface area contributed by atoms with Gasteiger partial charge in [-0.2, -0.15) is 4.58 Å². The van der Waals surface area contributed by atoms with Crippen molar-refractivity contribution in [3.63, 3.8) is 0 Å². The number of hydrogen-bond acceptors (Lipinski definition) is 1. The molecule has 0 aromatic heterocycles. The van der Waals surface area contributed by atoms with Crippen molar-refractivity contribution >= 4 is 50.2 Å². The van der Waals surface area contributed by atoms with Crippen LogP contribution in [0.3, 0.4) is 0 Å². The van der Waals surface area contributed by atoms with Crippen LogP contribution >= 0.6 is 11.6 Å². The van der Waals surface area contributed by atoms with Crippen LogP contribution in [0.5, 0.6) is 0 Å². The monoisotopic (exact) mass is 585 g/mol. The summed E-state index contributed by atoms with van der Waals surface area (Å²) < 4.78 is 2.37. The molecule has 3 heteroatoms. The molecule has 4 aromatic rings. The number of benzene rings is 4. The maximum Gasteiger partial charge on any atom is 0.210 e. The summed E-state index contributed by atoms with van der Waals surface area (Å²) >= 11 is 7.19. The van der Waals surface area contributed by atoms with Crippen molar-refractivity contribution in [3.8, 4) is 0 Å². The second-order valence-corrected chi connectivity index (χ2v) is 14.1. The fraction of sp³-hybridized carbons (Fsp3) is 0.325. The van der Waals surface area contributed by atoms with Gasteiger partial charge >= 0.3 is 0 Å². The fourth-order valence-electron chi connectivity index (χ4n) is 8.37. The van der Waals surface area contributed by atoms with Crippen molar-refractivity contribution in [2.45, 2.75) is 70.3 Å². The molecule has 218 valence electrons. The minimum Gasteiger partial charge on any atom is -0.370 e. The van der Waals surface area contributed by atoms with Gasteiger partial charge in [0, 0.05) is 46.9 Å². The van der Waals surface area contributed by atoms with E-state index in [0.717, 1.165) is 30.7 Å². The number of rotatable bonds is 4. The first-order valence-electron chi connectivity index (χ1n) is 15.8. The van der Waals surface area contributed by atoms with E-state index < -0.39 is 0 Å². The molecule has 2 nitrogen and oxygen atoms in total. The molecule has 1 aliphatic carbocycles. The zero-order valence-corrected chi connectivity index (χ0v) is 27.1. The normalized spacial score (nSPS) is 22.0. The summed E-state index contributed by atoms with van der Waals surface area (Å²) in [7, 11) is 4.46. The number of allylic oxidation sites excluding steroid dienone is 5.